The van der Waals surface area contributed by atoms with Crippen LogP contribution in [0, 0.1) is 13.8 Å². The van der Waals surface area contributed by atoms with Crippen LogP contribution in [0.3, 0.4) is 0 Å². The first-order valence-corrected chi connectivity index (χ1v) is 4.72. The van der Waals surface area contributed by atoms with E-state index in [1.165, 1.54) is 0 Å². The van der Waals surface area contributed by atoms with E-state index in [0.717, 1.165) is 22.6 Å². The van der Waals surface area contributed by atoms with Crippen molar-refractivity contribution in [3.8, 4) is 11.5 Å². The van der Waals surface area contributed by atoms with E-state index in [2.05, 4.69) is 0 Å². The number of aryl methyl sites for hydroxylation is 2. The predicted octanol–water partition coefficient (Wildman–Crippen LogP) is 1.44. The zero-order valence-corrected chi connectivity index (χ0v) is 8.41. The highest BCUT2D eigenvalue weighted by Gasteiger charge is 2.21. The molecular weight excluding hydrogens is 180 g/mol. The number of ether oxygens (including phenoxy) is 2. The first kappa shape index (κ1) is 9.34. The van der Waals surface area contributed by atoms with E-state index >= 15 is 0 Å². The maximum Gasteiger partial charge on any atom is 0.164 e. The molecule has 3 heteroatoms. The molecule has 0 spiro atoms. The SMILES string of the molecule is Cc1cc(C)c2c(c1)OC[C@H](CO)O2. The topological polar surface area (TPSA) is 38.7 Å². The molecule has 14 heavy (non-hydrogen) atoms. The Morgan fingerprint density at radius 3 is 2.93 bits per heavy atom. The number of hydrogen-bond acceptors (Lipinski definition) is 3. The molecule has 0 amide bonds. The summed E-state index contributed by atoms with van der Waals surface area (Å²) in [5, 5.41) is 8.96. The molecule has 0 saturated carbocycles. The standard InChI is InChI=1S/C11H14O3/c1-7-3-8(2)11-10(4-7)13-6-9(5-12)14-11/h3-4,9,12H,5-6H2,1-2H3/t9-/m0/s1. The maximum atomic E-state index is 8.96. The molecule has 1 aliphatic rings. The Labute approximate surface area is 83.3 Å². The fourth-order valence-corrected chi connectivity index (χ4v) is 1.65. The summed E-state index contributed by atoms with van der Waals surface area (Å²) in [5.74, 6) is 1.55. The summed E-state index contributed by atoms with van der Waals surface area (Å²) in [6.07, 6.45) is -0.232. The van der Waals surface area contributed by atoms with Crippen molar-refractivity contribution in [2.75, 3.05) is 13.2 Å². The summed E-state index contributed by atoms with van der Waals surface area (Å²) in [7, 11) is 0. The Hall–Kier alpha value is -1.22. The van der Waals surface area contributed by atoms with E-state index in [1.54, 1.807) is 0 Å². The molecule has 76 valence electrons. The van der Waals surface area contributed by atoms with E-state index in [-0.39, 0.29) is 12.7 Å². The third-order valence-electron chi connectivity index (χ3n) is 2.30. The van der Waals surface area contributed by atoms with Crippen LogP contribution in [-0.4, -0.2) is 24.4 Å². The van der Waals surface area contributed by atoms with Crippen molar-refractivity contribution in [3.05, 3.63) is 23.3 Å². The van der Waals surface area contributed by atoms with Gasteiger partial charge in [0.15, 0.2) is 17.6 Å². The van der Waals surface area contributed by atoms with Crippen LogP contribution < -0.4 is 9.47 Å². The van der Waals surface area contributed by atoms with Gasteiger partial charge in [-0.15, -0.1) is 0 Å². The molecule has 3 nitrogen and oxygen atoms in total. The second kappa shape index (κ2) is 3.50. The first-order chi connectivity index (χ1) is 6.70. The molecule has 0 fully saturated rings. The van der Waals surface area contributed by atoms with Gasteiger partial charge < -0.3 is 14.6 Å². The molecule has 1 heterocycles. The van der Waals surface area contributed by atoms with Gasteiger partial charge in [0.2, 0.25) is 0 Å². The Balaban J connectivity index is 2.37. The number of fused-ring (bicyclic) bond motifs is 1. The van der Waals surface area contributed by atoms with Crippen LogP contribution in [-0.2, 0) is 0 Å². The highest BCUT2D eigenvalue weighted by molar-refractivity contribution is 5.49. The molecule has 2 rings (SSSR count). The molecule has 0 unspecified atom stereocenters. The van der Waals surface area contributed by atoms with Gasteiger partial charge in [-0.3, -0.25) is 0 Å². The van der Waals surface area contributed by atoms with Crippen LogP contribution in [0.4, 0.5) is 0 Å². The zero-order chi connectivity index (χ0) is 10.1. The molecule has 1 aromatic rings. The van der Waals surface area contributed by atoms with Gasteiger partial charge in [0.1, 0.15) is 6.61 Å². The van der Waals surface area contributed by atoms with Crippen LogP contribution in [0.5, 0.6) is 11.5 Å². The second-order valence-corrected chi connectivity index (χ2v) is 3.64. The number of hydrogen-bond donors (Lipinski definition) is 1. The molecule has 1 N–H and O–H groups in total. The highest BCUT2D eigenvalue weighted by Crippen LogP contribution is 2.35. The Morgan fingerprint density at radius 1 is 1.43 bits per heavy atom. The van der Waals surface area contributed by atoms with Crippen molar-refractivity contribution in [1.82, 2.24) is 0 Å². The number of aliphatic hydroxyl groups is 1. The highest BCUT2D eigenvalue weighted by atomic mass is 16.6. The average molecular weight is 194 g/mol. The summed E-state index contributed by atoms with van der Waals surface area (Å²) in [4.78, 5) is 0. The van der Waals surface area contributed by atoms with E-state index in [4.69, 9.17) is 14.6 Å². The number of aliphatic hydroxyl groups excluding tert-OH is 1. The molecule has 0 aliphatic carbocycles. The lowest BCUT2D eigenvalue weighted by Gasteiger charge is -2.26. The van der Waals surface area contributed by atoms with Gasteiger partial charge in [0.05, 0.1) is 6.61 Å². The Kier molecular flexibility index (Phi) is 2.33. The van der Waals surface area contributed by atoms with Gasteiger partial charge in [-0.05, 0) is 31.0 Å². The minimum Gasteiger partial charge on any atom is -0.486 e. The van der Waals surface area contributed by atoms with E-state index in [9.17, 15) is 0 Å². The Bertz CT molecular complexity index is 347. The fraction of sp³-hybridized carbons (Fsp3) is 0.455. The van der Waals surface area contributed by atoms with E-state index in [0.29, 0.717) is 6.61 Å². The number of benzene rings is 1. The van der Waals surface area contributed by atoms with Crippen LogP contribution in [0.1, 0.15) is 11.1 Å². The van der Waals surface area contributed by atoms with E-state index < -0.39 is 0 Å². The van der Waals surface area contributed by atoms with Crippen molar-refractivity contribution < 1.29 is 14.6 Å². The third kappa shape index (κ3) is 1.55. The lowest BCUT2D eigenvalue weighted by molar-refractivity contribution is 0.0449. The minimum atomic E-state index is -0.232. The molecule has 0 bridgehead atoms. The molecule has 1 atom stereocenters. The zero-order valence-electron chi connectivity index (χ0n) is 8.41. The van der Waals surface area contributed by atoms with Gasteiger partial charge >= 0.3 is 0 Å². The minimum absolute atomic E-state index is 0.00719. The van der Waals surface area contributed by atoms with Crippen molar-refractivity contribution in [2.24, 2.45) is 0 Å². The van der Waals surface area contributed by atoms with Gasteiger partial charge in [-0.25, -0.2) is 0 Å². The summed E-state index contributed by atoms with van der Waals surface area (Å²) < 4.78 is 11.1. The maximum absolute atomic E-state index is 8.96. The van der Waals surface area contributed by atoms with Crippen LogP contribution >= 0.6 is 0 Å². The molecule has 1 aromatic carbocycles. The first-order valence-electron chi connectivity index (χ1n) is 4.72. The lowest BCUT2D eigenvalue weighted by Crippen LogP contribution is -2.32. The predicted molar refractivity (Wildman–Crippen MR) is 52.9 cm³/mol. The van der Waals surface area contributed by atoms with E-state index in [1.807, 2.05) is 26.0 Å². The average Bonchev–Trinajstić information content (AvgIpc) is 2.17. The molecule has 1 aliphatic heterocycles. The third-order valence-corrected chi connectivity index (χ3v) is 2.30. The molecule has 0 radical (unpaired) electrons. The van der Waals surface area contributed by atoms with Crippen LogP contribution in [0.15, 0.2) is 12.1 Å². The monoisotopic (exact) mass is 194 g/mol. The van der Waals surface area contributed by atoms with Gasteiger partial charge in [-0.2, -0.15) is 0 Å². The fourth-order valence-electron chi connectivity index (χ4n) is 1.65. The van der Waals surface area contributed by atoms with Crippen molar-refractivity contribution in [2.45, 2.75) is 20.0 Å². The largest absolute Gasteiger partial charge is 0.486 e. The van der Waals surface area contributed by atoms with Crippen molar-refractivity contribution >= 4 is 0 Å². The van der Waals surface area contributed by atoms with Gasteiger partial charge in [0.25, 0.3) is 0 Å². The summed E-state index contributed by atoms with van der Waals surface area (Å²) in [5.41, 5.74) is 2.21. The van der Waals surface area contributed by atoms with Crippen LogP contribution in [0.2, 0.25) is 0 Å². The molecule has 0 saturated heterocycles. The quantitative estimate of drug-likeness (QED) is 0.735. The smallest absolute Gasteiger partial charge is 0.164 e. The molecular formula is C11H14O3. The normalized spacial score (nSPS) is 19.5. The lowest BCUT2D eigenvalue weighted by atomic mass is 10.1. The summed E-state index contributed by atoms with van der Waals surface area (Å²) >= 11 is 0. The molecule has 0 aromatic heterocycles. The van der Waals surface area contributed by atoms with Crippen molar-refractivity contribution in [1.29, 1.82) is 0 Å². The summed E-state index contributed by atoms with van der Waals surface area (Å²) in [6, 6.07) is 4.00. The second-order valence-electron chi connectivity index (χ2n) is 3.64. The summed E-state index contributed by atoms with van der Waals surface area (Å²) in [6.45, 7) is 4.42. The number of rotatable bonds is 1. The van der Waals surface area contributed by atoms with Gasteiger partial charge in [-0.1, -0.05) is 6.07 Å². The van der Waals surface area contributed by atoms with Crippen LogP contribution in [0.25, 0.3) is 0 Å². The Morgan fingerprint density at radius 2 is 2.21 bits per heavy atom. The van der Waals surface area contributed by atoms with Gasteiger partial charge in [0, 0.05) is 0 Å². The van der Waals surface area contributed by atoms with Crippen molar-refractivity contribution in [3.63, 3.8) is 0 Å².